The van der Waals surface area contributed by atoms with Gasteiger partial charge in [0, 0.05) is 13.1 Å². The summed E-state index contributed by atoms with van der Waals surface area (Å²) in [6.07, 6.45) is -4.43. The lowest BCUT2D eigenvalue weighted by molar-refractivity contribution is -0.137. The van der Waals surface area contributed by atoms with E-state index in [1.165, 1.54) is 24.3 Å². The molecule has 0 saturated heterocycles. The third-order valence-corrected chi connectivity index (χ3v) is 3.46. The molecule has 8 heteroatoms. The number of nitrogens with one attached hydrogen (secondary N) is 2. The van der Waals surface area contributed by atoms with Gasteiger partial charge in [0.1, 0.15) is 0 Å². The van der Waals surface area contributed by atoms with Crippen molar-refractivity contribution in [3.63, 3.8) is 0 Å². The molecule has 0 heterocycles. The average Bonchev–Trinajstić information content (AvgIpc) is 2.60. The van der Waals surface area contributed by atoms with E-state index in [9.17, 15) is 22.4 Å². The van der Waals surface area contributed by atoms with Gasteiger partial charge in [0.15, 0.2) is 11.6 Å². The number of ether oxygens (including phenoxy) is 1. The van der Waals surface area contributed by atoms with Gasteiger partial charge in [0.05, 0.1) is 12.2 Å². The first-order valence-corrected chi connectivity index (χ1v) is 7.88. The zero-order valence-electron chi connectivity index (χ0n) is 14.0. The Hall–Kier alpha value is -2.77. The average molecular weight is 370 g/mol. The molecular weight excluding hydrogens is 352 g/mol. The molecule has 0 fully saturated rings. The zero-order valence-corrected chi connectivity index (χ0v) is 14.0. The summed E-state index contributed by atoms with van der Waals surface area (Å²) in [4.78, 5) is 11.8. The summed E-state index contributed by atoms with van der Waals surface area (Å²) >= 11 is 0. The van der Waals surface area contributed by atoms with Gasteiger partial charge in [0.2, 0.25) is 0 Å². The Labute approximate surface area is 148 Å². The van der Waals surface area contributed by atoms with Crippen LogP contribution in [0, 0.1) is 5.82 Å². The Morgan fingerprint density at radius 1 is 1.04 bits per heavy atom. The molecular formula is C18H18F4N2O2. The van der Waals surface area contributed by atoms with Gasteiger partial charge in [-0.25, -0.2) is 9.18 Å². The number of amides is 2. The number of rotatable bonds is 6. The second-order valence-electron chi connectivity index (χ2n) is 5.43. The van der Waals surface area contributed by atoms with Crippen LogP contribution in [-0.4, -0.2) is 12.6 Å². The van der Waals surface area contributed by atoms with Crippen LogP contribution in [-0.2, 0) is 19.3 Å². The molecule has 0 aliphatic rings. The number of carbonyl (C=O) groups excluding carboxylic acids is 1. The van der Waals surface area contributed by atoms with E-state index in [1.807, 2.05) is 0 Å². The summed E-state index contributed by atoms with van der Waals surface area (Å²) < 4.78 is 56.7. The summed E-state index contributed by atoms with van der Waals surface area (Å²) in [6.45, 7) is 2.08. The van der Waals surface area contributed by atoms with E-state index in [2.05, 4.69) is 10.6 Å². The van der Waals surface area contributed by atoms with Crippen molar-refractivity contribution in [2.24, 2.45) is 0 Å². The second kappa shape index (κ2) is 8.55. The van der Waals surface area contributed by atoms with E-state index in [-0.39, 0.29) is 18.8 Å². The van der Waals surface area contributed by atoms with Gasteiger partial charge in [0.25, 0.3) is 0 Å². The molecule has 0 aliphatic heterocycles. The van der Waals surface area contributed by atoms with E-state index < -0.39 is 23.6 Å². The van der Waals surface area contributed by atoms with Crippen molar-refractivity contribution in [1.82, 2.24) is 10.6 Å². The Bertz CT molecular complexity index is 763. The molecule has 0 aliphatic carbocycles. The molecule has 0 radical (unpaired) electrons. The second-order valence-corrected chi connectivity index (χ2v) is 5.43. The molecule has 0 saturated carbocycles. The topological polar surface area (TPSA) is 50.4 Å². The molecule has 2 aromatic rings. The third-order valence-electron chi connectivity index (χ3n) is 3.46. The number of hydrogen-bond acceptors (Lipinski definition) is 2. The fraction of sp³-hybridized carbons (Fsp3) is 0.278. The molecule has 0 aromatic heterocycles. The summed E-state index contributed by atoms with van der Waals surface area (Å²) in [7, 11) is 0. The predicted molar refractivity (Wildman–Crippen MR) is 88.1 cm³/mol. The zero-order chi connectivity index (χ0) is 19.2. The van der Waals surface area contributed by atoms with Gasteiger partial charge in [-0.05, 0) is 42.3 Å². The van der Waals surface area contributed by atoms with Crippen LogP contribution < -0.4 is 15.4 Å². The summed E-state index contributed by atoms with van der Waals surface area (Å²) in [5, 5.41) is 4.97. The first-order chi connectivity index (χ1) is 12.3. The van der Waals surface area contributed by atoms with Crippen LogP contribution in [0.25, 0.3) is 0 Å². The van der Waals surface area contributed by atoms with Crippen LogP contribution in [0.2, 0.25) is 0 Å². The Morgan fingerprint density at radius 3 is 2.27 bits per heavy atom. The Balaban J connectivity index is 1.85. The number of hydrogen-bond donors (Lipinski definition) is 2. The van der Waals surface area contributed by atoms with Crippen LogP contribution in [0.15, 0.2) is 42.5 Å². The highest BCUT2D eigenvalue weighted by Crippen LogP contribution is 2.29. The summed E-state index contributed by atoms with van der Waals surface area (Å²) in [5.74, 6) is -0.402. The van der Waals surface area contributed by atoms with Crippen molar-refractivity contribution in [2.75, 3.05) is 6.61 Å². The van der Waals surface area contributed by atoms with E-state index >= 15 is 0 Å². The fourth-order valence-electron chi connectivity index (χ4n) is 2.21. The molecule has 2 amide bonds. The minimum atomic E-state index is -4.43. The van der Waals surface area contributed by atoms with Crippen molar-refractivity contribution < 1.29 is 27.1 Å². The molecule has 26 heavy (non-hydrogen) atoms. The van der Waals surface area contributed by atoms with E-state index in [0.717, 1.165) is 12.1 Å². The first-order valence-electron chi connectivity index (χ1n) is 7.88. The minimum absolute atomic E-state index is 0.0621. The normalized spacial score (nSPS) is 11.1. The SMILES string of the molecule is CCOc1ccc(CNC(=O)NCc2cccc(C(F)(F)F)c2)cc1F. The van der Waals surface area contributed by atoms with Crippen LogP contribution in [0.3, 0.4) is 0 Å². The Kier molecular flexibility index (Phi) is 6.43. The molecule has 0 atom stereocenters. The quantitative estimate of drug-likeness (QED) is 0.747. The minimum Gasteiger partial charge on any atom is -0.491 e. The highest BCUT2D eigenvalue weighted by Gasteiger charge is 2.30. The molecule has 2 N–H and O–H groups in total. The van der Waals surface area contributed by atoms with Crippen molar-refractivity contribution in [2.45, 2.75) is 26.2 Å². The number of carbonyl (C=O) groups is 1. The molecule has 0 spiro atoms. The smallest absolute Gasteiger partial charge is 0.416 e. The highest BCUT2D eigenvalue weighted by atomic mass is 19.4. The number of alkyl halides is 3. The lowest BCUT2D eigenvalue weighted by Gasteiger charge is -2.11. The van der Waals surface area contributed by atoms with E-state index in [4.69, 9.17) is 4.74 Å². The first kappa shape index (κ1) is 19.6. The predicted octanol–water partition coefficient (Wildman–Crippen LogP) is 4.24. The maximum absolute atomic E-state index is 13.7. The van der Waals surface area contributed by atoms with Crippen molar-refractivity contribution in [1.29, 1.82) is 0 Å². The van der Waals surface area contributed by atoms with Gasteiger partial charge in [-0.15, -0.1) is 0 Å². The van der Waals surface area contributed by atoms with Crippen LogP contribution in [0.5, 0.6) is 5.75 Å². The fourth-order valence-corrected chi connectivity index (χ4v) is 2.21. The number of halogens is 4. The monoisotopic (exact) mass is 370 g/mol. The van der Waals surface area contributed by atoms with Crippen molar-refractivity contribution in [3.8, 4) is 5.75 Å². The van der Waals surface area contributed by atoms with Gasteiger partial charge >= 0.3 is 12.2 Å². The van der Waals surface area contributed by atoms with Crippen LogP contribution in [0.1, 0.15) is 23.6 Å². The van der Waals surface area contributed by atoms with Crippen molar-refractivity contribution in [3.05, 3.63) is 65.0 Å². The van der Waals surface area contributed by atoms with Gasteiger partial charge in [-0.2, -0.15) is 13.2 Å². The van der Waals surface area contributed by atoms with Crippen molar-refractivity contribution >= 4 is 6.03 Å². The Morgan fingerprint density at radius 2 is 1.69 bits per heavy atom. The summed E-state index contributed by atoms with van der Waals surface area (Å²) in [5.41, 5.74) is 0.0735. The van der Waals surface area contributed by atoms with Crippen LogP contribution >= 0.6 is 0 Å². The lowest BCUT2D eigenvalue weighted by Crippen LogP contribution is -2.34. The molecule has 0 bridgehead atoms. The standard InChI is InChI=1S/C18H18F4N2O2/c1-2-26-16-7-6-13(9-15(16)19)11-24-17(25)23-10-12-4-3-5-14(8-12)18(20,21)22/h3-9H,2,10-11H2,1H3,(H2,23,24,25). The van der Waals surface area contributed by atoms with Gasteiger partial charge in [-0.1, -0.05) is 18.2 Å². The largest absolute Gasteiger partial charge is 0.491 e. The molecule has 4 nitrogen and oxygen atoms in total. The lowest BCUT2D eigenvalue weighted by atomic mass is 10.1. The molecule has 140 valence electrons. The number of urea groups is 1. The van der Waals surface area contributed by atoms with Gasteiger partial charge in [-0.3, -0.25) is 0 Å². The third kappa shape index (κ3) is 5.65. The number of benzene rings is 2. The van der Waals surface area contributed by atoms with Gasteiger partial charge < -0.3 is 15.4 Å². The maximum atomic E-state index is 13.7. The molecule has 0 unspecified atom stereocenters. The molecule has 2 rings (SSSR count). The van der Waals surface area contributed by atoms with E-state index in [1.54, 1.807) is 13.0 Å². The highest BCUT2D eigenvalue weighted by molar-refractivity contribution is 5.73. The van der Waals surface area contributed by atoms with E-state index in [0.29, 0.717) is 17.7 Å². The van der Waals surface area contributed by atoms with Crippen LogP contribution in [0.4, 0.5) is 22.4 Å². The maximum Gasteiger partial charge on any atom is 0.416 e. The summed E-state index contributed by atoms with van der Waals surface area (Å²) in [6, 6.07) is 8.45. The molecule has 2 aromatic carbocycles.